The lowest BCUT2D eigenvalue weighted by Gasteiger charge is -2.40. The Hall–Kier alpha value is -2.52. The van der Waals surface area contributed by atoms with Crippen LogP contribution in [0.15, 0.2) is 36.5 Å². The Bertz CT molecular complexity index is 1180. The maximum Gasteiger partial charge on any atom is 0.219 e. The zero-order chi connectivity index (χ0) is 20.3. The molecule has 3 heterocycles. The second-order valence-electron chi connectivity index (χ2n) is 7.96. The average Bonchev–Trinajstić information content (AvgIpc) is 3.41. The molecule has 2 aromatic heterocycles. The van der Waals surface area contributed by atoms with Crippen molar-refractivity contribution in [3.63, 3.8) is 0 Å². The lowest BCUT2D eigenvalue weighted by atomic mass is 10.1. The maximum atomic E-state index is 13.3. The molecule has 0 atom stereocenters. The van der Waals surface area contributed by atoms with Gasteiger partial charge < -0.3 is 4.90 Å². The Kier molecular flexibility index (Phi) is 4.15. The second kappa shape index (κ2) is 6.50. The number of hydrogen-bond donors (Lipinski definition) is 0. The van der Waals surface area contributed by atoms with E-state index in [2.05, 4.69) is 4.98 Å². The summed E-state index contributed by atoms with van der Waals surface area (Å²) in [6.07, 6.45) is 4.05. The molecule has 5 rings (SSSR count). The minimum Gasteiger partial charge on any atom is -0.354 e. The topological polar surface area (TPSA) is 71.3 Å². The zero-order valence-electron chi connectivity index (χ0n) is 16.3. The standard InChI is InChI=1S/C20H22FN5O2S/c1-24(2)29(27,28)16-11-25(12-16)19-9-18-17(10-22-19)20(13-3-4-13)26(23-18)15-7-5-14(21)6-8-15/h5-10,13,16H,3-4,11-12H2,1-2H3. The van der Waals surface area contributed by atoms with E-state index in [1.54, 1.807) is 26.2 Å². The van der Waals surface area contributed by atoms with Crippen molar-refractivity contribution in [2.24, 2.45) is 0 Å². The SMILES string of the molecule is CN(C)S(=O)(=O)C1CN(c2cc3nn(-c4ccc(F)cc4)c(C4CC4)c3cn2)C1. The molecule has 3 aromatic rings. The Morgan fingerprint density at radius 1 is 1.14 bits per heavy atom. The third-order valence-corrected chi connectivity index (χ3v) is 7.88. The first-order valence-electron chi connectivity index (χ1n) is 9.65. The van der Waals surface area contributed by atoms with E-state index in [1.165, 1.54) is 16.4 Å². The summed E-state index contributed by atoms with van der Waals surface area (Å²) < 4.78 is 41.0. The largest absolute Gasteiger partial charge is 0.354 e. The van der Waals surface area contributed by atoms with Crippen LogP contribution in [0.1, 0.15) is 24.5 Å². The third-order valence-electron chi connectivity index (χ3n) is 5.72. The molecule has 0 N–H and O–H groups in total. The minimum absolute atomic E-state index is 0.276. The molecule has 1 aliphatic carbocycles. The number of aromatic nitrogens is 3. The van der Waals surface area contributed by atoms with Gasteiger partial charge in [0.25, 0.3) is 0 Å². The number of pyridine rings is 1. The van der Waals surface area contributed by atoms with Crippen molar-refractivity contribution in [1.82, 2.24) is 19.1 Å². The molecular weight excluding hydrogens is 393 g/mol. The highest BCUT2D eigenvalue weighted by atomic mass is 32.2. The van der Waals surface area contributed by atoms with Crippen LogP contribution in [0.3, 0.4) is 0 Å². The second-order valence-corrected chi connectivity index (χ2v) is 10.4. The third kappa shape index (κ3) is 3.08. The van der Waals surface area contributed by atoms with E-state index in [0.717, 1.165) is 40.9 Å². The molecule has 1 aromatic carbocycles. The fourth-order valence-electron chi connectivity index (χ4n) is 3.80. The smallest absolute Gasteiger partial charge is 0.219 e. The van der Waals surface area contributed by atoms with Crippen molar-refractivity contribution in [2.75, 3.05) is 32.1 Å². The van der Waals surface area contributed by atoms with Crippen LogP contribution in [0.4, 0.5) is 10.2 Å². The summed E-state index contributed by atoms with van der Waals surface area (Å²) in [4.78, 5) is 6.54. The molecule has 2 fully saturated rings. The van der Waals surface area contributed by atoms with Crippen molar-refractivity contribution in [3.8, 4) is 5.69 Å². The Labute approximate surface area is 168 Å². The summed E-state index contributed by atoms with van der Waals surface area (Å²) in [7, 11) is -0.137. The molecule has 152 valence electrons. The molecule has 9 heteroatoms. The van der Waals surface area contributed by atoms with Crippen LogP contribution in [0.2, 0.25) is 0 Å². The zero-order valence-corrected chi connectivity index (χ0v) is 17.1. The summed E-state index contributed by atoms with van der Waals surface area (Å²) in [6, 6.07) is 8.25. The number of nitrogens with zero attached hydrogens (tertiary/aromatic N) is 5. The fraction of sp³-hybridized carbons (Fsp3) is 0.400. The fourth-order valence-corrected chi connectivity index (χ4v) is 5.14. The molecule has 0 unspecified atom stereocenters. The van der Waals surface area contributed by atoms with Gasteiger partial charge in [0.2, 0.25) is 10.0 Å². The van der Waals surface area contributed by atoms with Crippen LogP contribution in [0, 0.1) is 5.82 Å². The molecule has 1 saturated carbocycles. The molecule has 0 amide bonds. The maximum absolute atomic E-state index is 13.3. The van der Waals surface area contributed by atoms with E-state index in [0.29, 0.717) is 19.0 Å². The predicted molar refractivity (Wildman–Crippen MR) is 109 cm³/mol. The van der Waals surface area contributed by atoms with Gasteiger partial charge in [-0.1, -0.05) is 0 Å². The van der Waals surface area contributed by atoms with E-state index < -0.39 is 15.3 Å². The quantitative estimate of drug-likeness (QED) is 0.640. The number of halogens is 1. The molecule has 29 heavy (non-hydrogen) atoms. The number of rotatable bonds is 5. The molecule has 1 aliphatic heterocycles. The first-order chi connectivity index (χ1) is 13.8. The Morgan fingerprint density at radius 3 is 2.45 bits per heavy atom. The van der Waals surface area contributed by atoms with E-state index in [1.807, 2.05) is 21.8 Å². The summed E-state index contributed by atoms with van der Waals surface area (Å²) >= 11 is 0. The molecule has 7 nitrogen and oxygen atoms in total. The molecule has 0 radical (unpaired) electrons. The van der Waals surface area contributed by atoms with Crippen LogP contribution in [0.25, 0.3) is 16.6 Å². The highest BCUT2D eigenvalue weighted by molar-refractivity contribution is 7.89. The number of benzene rings is 1. The van der Waals surface area contributed by atoms with Gasteiger partial charge in [0, 0.05) is 50.8 Å². The van der Waals surface area contributed by atoms with Crippen LogP contribution in [0.5, 0.6) is 0 Å². The number of sulfonamides is 1. The van der Waals surface area contributed by atoms with Gasteiger partial charge in [0.15, 0.2) is 0 Å². The van der Waals surface area contributed by atoms with Crippen LogP contribution in [-0.4, -0.2) is 59.9 Å². The average molecular weight is 415 g/mol. The molecule has 0 spiro atoms. The first kappa shape index (κ1) is 18.5. The molecule has 1 saturated heterocycles. The molecule has 0 bridgehead atoms. The van der Waals surface area contributed by atoms with Gasteiger partial charge in [-0.25, -0.2) is 26.8 Å². The van der Waals surface area contributed by atoms with E-state index in [4.69, 9.17) is 5.10 Å². The Balaban J connectivity index is 1.48. The highest BCUT2D eigenvalue weighted by Gasteiger charge is 2.39. The number of hydrogen-bond acceptors (Lipinski definition) is 5. The number of anilines is 1. The van der Waals surface area contributed by atoms with Gasteiger partial charge in [0.1, 0.15) is 16.9 Å². The van der Waals surface area contributed by atoms with E-state index in [-0.39, 0.29) is 5.82 Å². The van der Waals surface area contributed by atoms with Crippen molar-refractivity contribution in [1.29, 1.82) is 0 Å². The highest BCUT2D eigenvalue weighted by Crippen LogP contribution is 2.44. The van der Waals surface area contributed by atoms with Gasteiger partial charge in [-0.15, -0.1) is 0 Å². The lowest BCUT2D eigenvalue weighted by molar-refractivity contribution is 0.479. The van der Waals surface area contributed by atoms with Gasteiger partial charge in [-0.05, 0) is 37.1 Å². The van der Waals surface area contributed by atoms with Gasteiger partial charge in [-0.3, -0.25) is 0 Å². The van der Waals surface area contributed by atoms with E-state index >= 15 is 0 Å². The molecule has 2 aliphatic rings. The van der Waals surface area contributed by atoms with Gasteiger partial charge >= 0.3 is 0 Å². The summed E-state index contributed by atoms with van der Waals surface area (Å²) in [5.74, 6) is 0.896. The van der Waals surface area contributed by atoms with Crippen LogP contribution < -0.4 is 4.90 Å². The molecular formula is C20H22FN5O2S. The Morgan fingerprint density at radius 2 is 1.83 bits per heavy atom. The summed E-state index contributed by atoms with van der Waals surface area (Å²) in [6.45, 7) is 0.848. The minimum atomic E-state index is -3.26. The van der Waals surface area contributed by atoms with Crippen molar-refractivity contribution >= 4 is 26.7 Å². The van der Waals surface area contributed by atoms with Crippen LogP contribution in [-0.2, 0) is 10.0 Å². The van der Waals surface area contributed by atoms with Crippen molar-refractivity contribution in [3.05, 3.63) is 48.0 Å². The summed E-state index contributed by atoms with van der Waals surface area (Å²) in [5.41, 5.74) is 2.76. The van der Waals surface area contributed by atoms with E-state index in [9.17, 15) is 12.8 Å². The van der Waals surface area contributed by atoms with Gasteiger partial charge in [-0.2, -0.15) is 5.10 Å². The van der Waals surface area contributed by atoms with Gasteiger partial charge in [0.05, 0.1) is 16.9 Å². The predicted octanol–water partition coefficient (Wildman–Crippen LogP) is 2.52. The normalized spacial score (nSPS) is 17.9. The number of fused-ring (bicyclic) bond motifs is 1. The monoisotopic (exact) mass is 415 g/mol. The van der Waals surface area contributed by atoms with Crippen molar-refractivity contribution in [2.45, 2.75) is 24.0 Å². The first-order valence-corrected chi connectivity index (χ1v) is 11.2. The van der Waals surface area contributed by atoms with Crippen LogP contribution >= 0.6 is 0 Å². The van der Waals surface area contributed by atoms with Crippen molar-refractivity contribution < 1.29 is 12.8 Å². The summed E-state index contributed by atoms with van der Waals surface area (Å²) in [5, 5.41) is 5.36. The lowest BCUT2D eigenvalue weighted by Crippen LogP contribution is -2.57.